The molecule has 32 heavy (non-hydrogen) atoms. The number of sulfonamides is 1. The number of aromatic amines is 2. The van der Waals surface area contributed by atoms with E-state index in [-0.39, 0.29) is 5.56 Å². The number of pyridine rings is 1. The van der Waals surface area contributed by atoms with Crippen LogP contribution in [0.15, 0.2) is 59.4 Å². The van der Waals surface area contributed by atoms with Crippen LogP contribution in [0.3, 0.4) is 0 Å². The van der Waals surface area contributed by atoms with E-state index >= 15 is 0 Å². The third kappa shape index (κ3) is 4.21. The number of aromatic nitrogens is 2. The molecule has 2 aromatic heterocycles. The van der Waals surface area contributed by atoms with E-state index in [2.05, 4.69) is 33.1 Å². The van der Waals surface area contributed by atoms with Gasteiger partial charge in [-0.2, -0.15) is 4.31 Å². The quantitative estimate of drug-likeness (QED) is 0.489. The fourth-order valence-electron chi connectivity index (χ4n) is 4.40. The molecule has 4 aromatic rings. The monoisotopic (exact) mass is 450 g/mol. The van der Waals surface area contributed by atoms with Crippen LogP contribution in [0.5, 0.6) is 0 Å². The summed E-state index contributed by atoms with van der Waals surface area (Å²) in [7, 11) is -3.10. The summed E-state index contributed by atoms with van der Waals surface area (Å²) >= 11 is 0. The lowest BCUT2D eigenvalue weighted by atomic mass is 10.1. The lowest BCUT2D eigenvalue weighted by molar-refractivity contribution is 0.191. The van der Waals surface area contributed by atoms with Gasteiger partial charge in [-0.05, 0) is 47.7 Å². The number of hydrogen-bond donors (Lipinski definition) is 2. The topological polar surface area (TPSA) is 89.3 Å². The Morgan fingerprint density at radius 1 is 0.875 bits per heavy atom. The van der Waals surface area contributed by atoms with Crippen LogP contribution in [0.2, 0.25) is 0 Å². The molecule has 0 radical (unpaired) electrons. The van der Waals surface area contributed by atoms with Crippen LogP contribution in [0, 0.1) is 0 Å². The van der Waals surface area contributed by atoms with Crippen molar-refractivity contribution < 1.29 is 8.42 Å². The molecular weight excluding hydrogens is 424 g/mol. The number of benzene rings is 2. The van der Waals surface area contributed by atoms with Crippen molar-refractivity contribution in [3.8, 4) is 11.3 Å². The second kappa shape index (κ2) is 8.20. The average molecular weight is 451 g/mol. The van der Waals surface area contributed by atoms with E-state index in [0.29, 0.717) is 18.7 Å². The lowest BCUT2D eigenvalue weighted by Crippen LogP contribution is -2.48. The summed E-state index contributed by atoms with van der Waals surface area (Å²) in [5, 5.41) is 2.07. The molecule has 2 N–H and O–H groups in total. The van der Waals surface area contributed by atoms with Crippen LogP contribution in [0.4, 0.5) is 0 Å². The fourth-order valence-corrected chi connectivity index (χ4v) is 5.23. The molecule has 8 heteroatoms. The molecule has 0 atom stereocenters. The van der Waals surface area contributed by atoms with Crippen molar-refractivity contribution in [2.75, 3.05) is 39.0 Å². The highest BCUT2D eigenvalue weighted by Crippen LogP contribution is 2.25. The van der Waals surface area contributed by atoms with E-state index in [4.69, 9.17) is 0 Å². The molecule has 1 aliphatic heterocycles. The van der Waals surface area contributed by atoms with Crippen molar-refractivity contribution in [1.29, 1.82) is 0 Å². The Kier molecular flexibility index (Phi) is 5.36. The molecule has 1 saturated heterocycles. The van der Waals surface area contributed by atoms with Gasteiger partial charge in [0, 0.05) is 49.1 Å². The van der Waals surface area contributed by atoms with E-state index in [1.165, 1.54) is 11.8 Å². The zero-order valence-corrected chi connectivity index (χ0v) is 18.8. The molecule has 1 aliphatic rings. The van der Waals surface area contributed by atoms with E-state index in [1.54, 1.807) is 4.31 Å². The molecule has 0 bridgehead atoms. The standard InChI is InChI=1S/C24H26N4O3S/c1-32(30,31)28-12-10-27(11-13-28)9-8-17-6-7-22-19(14-17)16-23(25-22)20-15-18-4-2-3-5-21(18)26-24(20)29/h2-7,14-16,25H,8-13H2,1H3,(H,26,29). The molecule has 0 saturated carbocycles. The first-order valence-electron chi connectivity index (χ1n) is 10.8. The first kappa shape index (κ1) is 20.9. The molecule has 3 heterocycles. The van der Waals surface area contributed by atoms with Crippen LogP contribution in [-0.2, 0) is 16.4 Å². The molecule has 7 nitrogen and oxygen atoms in total. The van der Waals surface area contributed by atoms with Gasteiger partial charge in [0.15, 0.2) is 0 Å². The summed E-state index contributed by atoms with van der Waals surface area (Å²) in [6.07, 6.45) is 2.17. The third-order valence-corrected chi connectivity index (χ3v) is 7.55. The number of hydrogen-bond acceptors (Lipinski definition) is 4. The van der Waals surface area contributed by atoms with Crippen LogP contribution in [0.1, 0.15) is 5.56 Å². The lowest BCUT2D eigenvalue weighted by Gasteiger charge is -2.33. The summed E-state index contributed by atoms with van der Waals surface area (Å²) in [5.41, 5.74) is 4.38. The molecule has 0 aliphatic carbocycles. The first-order valence-corrected chi connectivity index (χ1v) is 12.6. The molecule has 0 unspecified atom stereocenters. The highest BCUT2D eigenvalue weighted by atomic mass is 32.2. The number of nitrogens with one attached hydrogen (secondary N) is 2. The first-order chi connectivity index (χ1) is 15.4. The van der Waals surface area contributed by atoms with Crippen LogP contribution < -0.4 is 5.56 Å². The van der Waals surface area contributed by atoms with Crippen molar-refractivity contribution in [3.63, 3.8) is 0 Å². The second-order valence-corrected chi connectivity index (χ2v) is 10.4. The molecule has 2 aromatic carbocycles. The predicted molar refractivity (Wildman–Crippen MR) is 128 cm³/mol. The highest BCUT2D eigenvalue weighted by molar-refractivity contribution is 7.88. The molecule has 0 spiro atoms. The maximum absolute atomic E-state index is 12.6. The van der Waals surface area contributed by atoms with Gasteiger partial charge in [-0.15, -0.1) is 0 Å². The Bertz CT molecular complexity index is 1450. The predicted octanol–water partition coefficient (Wildman–Crippen LogP) is 2.80. The number of para-hydroxylation sites is 1. The minimum absolute atomic E-state index is 0.108. The Hall–Kier alpha value is -2.94. The Balaban J connectivity index is 1.32. The summed E-state index contributed by atoms with van der Waals surface area (Å²) < 4.78 is 24.9. The third-order valence-electron chi connectivity index (χ3n) is 6.25. The zero-order valence-electron chi connectivity index (χ0n) is 18.0. The Morgan fingerprint density at radius 3 is 2.41 bits per heavy atom. The van der Waals surface area contributed by atoms with E-state index in [9.17, 15) is 13.2 Å². The van der Waals surface area contributed by atoms with Crippen LogP contribution >= 0.6 is 0 Å². The van der Waals surface area contributed by atoms with Gasteiger partial charge in [0.2, 0.25) is 10.0 Å². The van der Waals surface area contributed by atoms with Gasteiger partial charge in [0.05, 0.1) is 17.5 Å². The van der Waals surface area contributed by atoms with Crippen LogP contribution in [0.25, 0.3) is 33.1 Å². The minimum atomic E-state index is -3.10. The number of nitrogens with zero attached hydrogens (tertiary/aromatic N) is 2. The maximum atomic E-state index is 12.6. The molecule has 166 valence electrons. The molecular formula is C24H26N4O3S. The van der Waals surface area contributed by atoms with Gasteiger partial charge in [-0.3, -0.25) is 4.79 Å². The van der Waals surface area contributed by atoms with Crippen molar-refractivity contribution in [1.82, 2.24) is 19.2 Å². The number of H-pyrrole nitrogens is 2. The van der Waals surface area contributed by atoms with Crippen molar-refractivity contribution in [2.24, 2.45) is 0 Å². The SMILES string of the molecule is CS(=O)(=O)N1CCN(CCc2ccc3[nH]c(-c4cc5ccccc5[nH]c4=O)cc3c2)CC1. The maximum Gasteiger partial charge on any atom is 0.257 e. The summed E-state index contributed by atoms with van der Waals surface area (Å²) in [6, 6.07) is 18.1. The molecule has 1 fully saturated rings. The molecule has 5 rings (SSSR count). The van der Waals surface area contributed by atoms with Crippen LogP contribution in [-0.4, -0.2) is 66.6 Å². The fraction of sp³-hybridized carbons (Fsp3) is 0.292. The van der Waals surface area contributed by atoms with Gasteiger partial charge in [-0.25, -0.2) is 8.42 Å². The normalized spacial score (nSPS) is 16.2. The van der Waals surface area contributed by atoms with Crippen molar-refractivity contribution >= 4 is 31.8 Å². The molecule has 0 amide bonds. The van der Waals surface area contributed by atoms with Gasteiger partial charge in [0.1, 0.15) is 0 Å². The van der Waals surface area contributed by atoms with E-state index in [0.717, 1.165) is 53.6 Å². The Labute approximate surface area is 186 Å². The largest absolute Gasteiger partial charge is 0.354 e. The van der Waals surface area contributed by atoms with Gasteiger partial charge in [0.25, 0.3) is 5.56 Å². The number of rotatable bonds is 5. The van der Waals surface area contributed by atoms with Crippen molar-refractivity contribution in [2.45, 2.75) is 6.42 Å². The average Bonchev–Trinajstić information content (AvgIpc) is 3.20. The summed E-state index contributed by atoms with van der Waals surface area (Å²) in [6.45, 7) is 3.52. The summed E-state index contributed by atoms with van der Waals surface area (Å²) in [5.74, 6) is 0. The van der Waals surface area contributed by atoms with Gasteiger partial charge >= 0.3 is 0 Å². The van der Waals surface area contributed by atoms with Gasteiger partial charge in [-0.1, -0.05) is 24.3 Å². The smallest absolute Gasteiger partial charge is 0.257 e. The van der Waals surface area contributed by atoms with Crippen molar-refractivity contribution in [3.05, 3.63) is 70.5 Å². The second-order valence-electron chi connectivity index (χ2n) is 8.46. The highest BCUT2D eigenvalue weighted by Gasteiger charge is 2.23. The van der Waals surface area contributed by atoms with Gasteiger partial charge < -0.3 is 14.9 Å². The van der Waals surface area contributed by atoms with E-state index < -0.39 is 10.0 Å². The Morgan fingerprint density at radius 2 is 1.62 bits per heavy atom. The minimum Gasteiger partial charge on any atom is -0.354 e. The number of piperazine rings is 1. The summed E-state index contributed by atoms with van der Waals surface area (Å²) in [4.78, 5) is 21.3. The number of fused-ring (bicyclic) bond motifs is 2. The van der Waals surface area contributed by atoms with E-state index in [1.807, 2.05) is 36.4 Å². The zero-order chi connectivity index (χ0) is 22.3.